The first kappa shape index (κ1) is 16.0. The quantitative estimate of drug-likeness (QED) is 0.729. The molecule has 1 atom stereocenters. The molecule has 1 unspecified atom stereocenters. The fourth-order valence-corrected chi connectivity index (χ4v) is 2.72. The third-order valence-electron chi connectivity index (χ3n) is 4.00. The molecular formula is C17H29NO. The normalized spacial score (nSPS) is 12.7. The minimum absolute atomic E-state index is 0.725. The first-order valence-electron chi connectivity index (χ1n) is 7.50. The van der Waals surface area contributed by atoms with Crippen molar-refractivity contribution >= 4 is 0 Å². The standard InChI is InChI=1S/C17H29NO/c1-5-14(6-2)11-16(13-18-3)12-15-7-9-17(19-4)10-8-15/h7-10,14,16,18H,5-6,11-13H2,1-4H3. The third kappa shape index (κ3) is 5.65. The van der Waals surface area contributed by atoms with Gasteiger partial charge in [0.1, 0.15) is 5.75 Å². The van der Waals surface area contributed by atoms with Crippen molar-refractivity contribution in [2.75, 3.05) is 20.7 Å². The monoisotopic (exact) mass is 263 g/mol. The van der Waals surface area contributed by atoms with Crippen molar-refractivity contribution in [3.63, 3.8) is 0 Å². The molecule has 1 aromatic rings. The summed E-state index contributed by atoms with van der Waals surface area (Å²) in [5.41, 5.74) is 1.41. The summed E-state index contributed by atoms with van der Waals surface area (Å²) in [4.78, 5) is 0. The van der Waals surface area contributed by atoms with Crippen molar-refractivity contribution in [2.45, 2.75) is 39.5 Å². The molecule has 2 heteroatoms. The topological polar surface area (TPSA) is 21.3 Å². The highest BCUT2D eigenvalue weighted by molar-refractivity contribution is 5.27. The third-order valence-corrected chi connectivity index (χ3v) is 4.00. The molecule has 2 nitrogen and oxygen atoms in total. The van der Waals surface area contributed by atoms with Gasteiger partial charge in [-0.2, -0.15) is 0 Å². The van der Waals surface area contributed by atoms with Crippen LogP contribution in [-0.4, -0.2) is 20.7 Å². The molecule has 0 aromatic heterocycles. The summed E-state index contributed by atoms with van der Waals surface area (Å²) in [5, 5.41) is 3.34. The lowest BCUT2D eigenvalue weighted by atomic mass is 9.86. The summed E-state index contributed by atoms with van der Waals surface area (Å²) in [6.07, 6.45) is 5.06. The maximum absolute atomic E-state index is 5.21. The summed E-state index contributed by atoms with van der Waals surface area (Å²) in [7, 11) is 3.76. The van der Waals surface area contributed by atoms with Gasteiger partial charge in [-0.05, 0) is 56.0 Å². The number of ether oxygens (including phenoxy) is 1. The van der Waals surface area contributed by atoms with Gasteiger partial charge >= 0.3 is 0 Å². The zero-order valence-corrected chi connectivity index (χ0v) is 12.9. The van der Waals surface area contributed by atoms with Gasteiger partial charge in [-0.15, -0.1) is 0 Å². The van der Waals surface area contributed by atoms with Crippen LogP contribution in [0.2, 0.25) is 0 Å². The van der Waals surface area contributed by atoms with E-state index in [0.29, 0.717) is 0 Å². The van der Waals surface area contributed by atoms with E-state index in [-0.39, 0.29) is 0 Å². The molecule has 0 saturated carbocycles. The van der Waals surface area contributed by atoms with Gasteiger partial charge in [0, 0.05) is 0 Å². The number of hydrogen-bond donors (Lipinski definition) is 1. The molecule has 0 heterocycles. The molecule has 0 saturated heterocycles. The Labute approximate surface area is 118 Å². The van der Waals surface area contributed by atoms with Crippen LogP contribution in [0.1, 0.15) is 38.7 Å². The van der Waals surface area contributed by atoms with Gasteiger partial charge in [0.2, 0.25) is 0 Å². The van der Waals surface area contributed by atoms with E-state index < -0.39 is 0 Å². The summed E-state index contributed by atoms with van der Waals surface area (Å²) >= 11 is 0. The summed E-state index contributed by atoms with van der Waals surface area (Å²) in [5.74, 6) is 2.52. The lowest BCUT2D eigenvalue weighted by Crippen LogP contribution is -2.23. The molecule has 1 N–H and O–H groups in total. The molecule has 0 aliphatic carbocycles. The van der Waals surface area contributed by atoms with Gasteiger partial charge in [-0.3, -0.25) is 0 Å². The second-order valence-electron chi connectivity index (χ2n) is 5.39. The van der Waals surface area contributed by atoms with E-state index in [9.17, 15) is 0 Å². The van der Waals surface area contributed by atoms with Crippen molar-refractivity contribution in [1.29, 1.82) is 0 Å². The largest absolute Gasteiger partial charge is 0.497 e. The van der Waals surface area contributed by atoms with Gasteiger partial charge in [-0.25, -0.2) is 0 Å². The van der Waals surface area contributed by atoms with E-state index in [1.54, 1.807) is 7.11 Å². The van der Waals surface area contributed by atoms with Gasteiger partial charge in [0.25, 0.3) is 0 Å². The molecule has 0 aliphatic heterocycles. The van der Waals surface area contributed by atoms with Crippen molar-refractivity contribution < 1.29 is 4.74 Å². The molecule has 0 aliphatic rings. The number of nitrogens with one attached hydrogen (secondary N) is 1. The average Bonchev–Trinajstić information content (AvgIpc) is 2.45. The number of benzene rings is 1. The second-order valence-corrected chi connectivity index (χ2v) is 5.39. The average molecular weight is 263 g/mol. The smallest absolute Gasteiger partial charge is 0.118 e. The van der Waals surface area contributed by atoms with Gasteiger partial charge < -0.3 is 10.1 Å². The van der Waals surface area contributed by atoms with Crippen LogP contribution in [0.3, 0.4) is 0 Å². The Bertz CT molecular complexity index is 330. The Balaban J connectivity index is 2.60. The van der Waals surface area contributed by atoms with E-state index >= 15 is 0 Å². The first-order valence-corrected chi connectivity index (χ1v) is 7.50. The Morgan fingerprint density at radius 2 is 1.68 bits per heavy atom. The molecule has 0 radical (unpaired) electrons. The Kier molecular flexibility index (Phi) is 7.57. The van der Waals surface area contributed by atoms with Crippen LogP contribution in [0.15, 0.2) is 24.3 Å². The van der Waals surface area contributed by atoms with Crippen molar-refractivity contribution in [3.8, 4) is 5.75 Å². The van der Waals surface area contributed by atoms with Crippen LogP contribution in [-0.2, 0) is 6.42 Å². The zero-order chi connectivity index (χ0) is 14.1. The molecule has 1 rings (SSSR count). The van der Waals surface area contributed by atoms with Crippen molar-refractivity contribution in [1.82, 2.24) is 5.32 Å². The van der Waals surface area contributed by atoms with Gasteiger partial charge in [0.05, 0.1) is 7.11 Å². The Hall–Kier alpha value is -1.02. The highest BCUT2D eigenvalue weighted by Gasteiger charge is 2.14. The molecule has 19 heavy (non-hydrogen) atoms. The fourth-order valence-electron chi connectivity index (χ4n) is 2.72. The minimum Gasteiger partial charge on any atom is -0.497 e. The summed E-state index contributed by atoms with van der Waals surface area (Å²) in [6.45, 7) is 5.71. The van der Waals surface area contributed by atoms with E-state index in [0.717, 1.165) is 30.6 Å². The SMILES string of the molecule is CCC(CC)CC(CNC)Cc1ccc(OC)cc1. The van der Waals surface area contributed by atoms with E-state index in [4.69, 9.17) is 4.74 Å². The highest BCUT2D eigenvalue weighted by Crippen LogP contribution is 2.22. The van der Waals surface area contributed by atoms with Crippen molar-refractivity contribution in [3.05, 3.63) is 29.8 Å². The molecule has 0 amide bonds. The van der Waals surface area contributed by atoms with E-state index in [1.807, 2.05) is 7.05 Å². The van der Waals surface area contributed by atoms with Crippen LogP contribution in [0.25, 0.3) is 0 Å². The van der Waals surface area contributed by atoms with Crippen LogP contribution < -0.4 is 10.1 Å². The summed E-state index contributed by atoms with van der Waals surface area (Å²) < 4.78 is 5.21. The predicted octanol–water partition coefficient (Wildman–Crippen LogP) is 3.90. The van der Waals surface area contributed by atoms with Gasteiger partial charge in [0.15, 0.2) is 0 Å². The van der Waals surface area contributed by atoms with Crippen LogP contribution in [0, 0.1) is 11.8 Å². The first-order chi connectivity index (χ1) is 9.23. The molecule has 0 fully saturated rings. The second kappa shape index (κ2) is 8.98. The predicted molar refractivity (Wildman–Crippen MR) is 82.8 cm³/mol. The molecule has 0 spiro atoms. The Morgan fingerprint density at radius 3 is 2.16 bits per heavy atom. The number of methoxy groups -OCH3 is 1. The zero-order valence-electron chi connectivity index (χ0n) is 12.9. The molecule has 1 aromatic carbocycles. The summed E-state index contributed by atoms with van der Waals surface area (Å²) in [6, 6.07) is 8.49. The van der Waals surface area contributed by atoms with Crippen LogP contribution in [0.4, 0.5) is 0 Å². The lowest BCUT2D eigenvalue weighted by Gasteiger charge is -2.22. The fraction of sp³-hybridized carbons (Fsp3) is 0.647. The maximum Gasteiger partial charge on any atom is 0.118 e. The minimum atomic E-state index is 0.725. The van der Waals surface area contributed by atoms with Crippen LogP contribution >= 0.6 is 0 Å². The van der Waals surface area contributed by atoms with Crippen molar-refractivity contribution in [2.24, 2.45) is 11.8 Å². The lowest BCUT2D eigenvalue weighted by molar-refractivity contribution is 0.344. The van der Waals surface area contributed by atoms with Gasteiger partial charge in [-0.1, -0.05) is 38.8 Å². The number of rotatable bonds is 9. The number of hydrogen-bond acceptors (Lipinski definition) is 2. The Morgan fingerprint density at radius 1 is 1.05 bits per heavy atom. The van der Waals surface area contributed by atoms with E-state index in [1.165, 1.54) is 24.8 Å². The maximum atomic E-state index is 5.21. The highest BCUT2D eigenvalue weighted by atomic mass is 16.5. The van der Waals surface area contributed by atoms with E-state index in [2.05, 4.69) is 43.4 Å². The van der Waals surface area contributed by atoms with Crippen LogP contribution in [0.5, 0.6) is 5.75 Å². The molecule has 108 valence electrons. The molecular weight excluding hydrogens is 234 g/mol. The molecule has 0 bridgehead atoms.